The summed E-state index contributed by atoms with van der Waals surface area (Å²) in [6, 6.07) is 0. The predicted molar refractivity (Wildman–Crippen MR) is 57.4 cm³/mol. The topological polar surface area (TPSA) is 20.2 Å². The van der Waals surface area contributed by atoms with Crippen LogP contribution in [0.3, 0.4) is 0 Å². The van der Waals surface area contributed by atoms with Crippen molar-refractivity contribution in [2.75, 3.05) is 0 Å². The first kappa shape index (κ1) is 12.5. The van der Waals surface area contributed by atoms with Gasteiger partial charge < -0.3 is 5.11 Å². The Balaban J connectivity index is 3.91. The summed E-state index contributed by atoms with van der Waals surface area (Å²) in [6.45, 7) is 6.16. The highest BCUT2D eigenvalue weighted by molar-refractivity contribution is 4.97. The van der Waals surface area contributed by atoms with E-state index < -0.39 is 0 Å². The summed E-state index contributed by atoms with van der Waals surface area (Å²) < 4.78 is 0. The molecule has 0 heterocycles. The van der Waals surface area contributed by atoms with Crippen molar-refractivity contribution >= 4 is 0 Å². The van der Waals surface area contributed by atoms with Crippen LogP contribution in [0.15, 0.2) is 0 Å². The van der Waals surface area contributed by atoms with Gasteiger partial charge in [0, 0.05) is 6.42 Å². The summed E-state index contributed by atoms with van der Waals surface area (Å²) in [4.78, 5) is 0. The number of rotatable bonds is 6. The lowest BCUT2D eigenvalue weighted by Crippen LogP contribution is -2.19. The summed E-state index contributed by atoms with van der Waals surface area (Å²) in [5.74, 6) is 6.23. The molecule has 0 saturated heterocycles. The largest absolute Gasteiger partial charge is 0.392 e. The van der Waals surface area contributed by atoms with Crippen LogP contribution in [0.4, 0.5) is 0 Å². The van der Waals surface area contributed by atoms with Gasteiger partial charge in [0.2, 0.25) is 0 Å². The second kappa shape index (κ2) is 8.13. The van der Waals surface area contributed by atoms with E-state index in [1.165, 1.54) is 0 Å². The maximum Gasteiger partial charge on any atom is 0.0677 e. The summed E-state index contributed by atoms with van der Waals surface area (Å²) in [6.07, 6.45) is 4.98. The fraction of sp³-hybridized carbons (Fsp3) is 0.833. The monoisotopic (exact) mass is 182 g/mol. The van der Waals surface area contributed by atoms with Crippen molar-refractivity contribution in [3.8, 4) is 11.8 Å². The smallest absolute Gasteiger partial charge is 0.0677 e. The molecule has 1 nitrogen and oxygen atoms in total. The first-order valence-corrected chi connectivity index (χ1v) is 5.33. The molecule has 1 N–H and O–H groups in total. The molecule has 0 aliphatic carbocycles. The third-order valence-corrected chi connectivity index (χ3v) is 2.35. The molecule has 0 fully saturated rings. The van der Waals surface area contributed by atoms with E-state index in [0.717, 1.165) is 25.7 Å². The molecule has 0 aromatic carbocycles. The van der Waals surface area contributed by atoms with Crippen LogP contribution in [-0.4, -0.2) is 11.2 Å². The summed E-state index contributed by atoms with van der Waals surface area (Å²) >= 11 is 0. The van der Waals surface area contributed by atoms with Crippen molar-refractivity contribution in [1.82, 2.24) is 0 Å². The highest BCUT2D eigenvalue weighted by atomic mass is 16.3. The van der Waals surface area contributed by atoms with Crippen molar-refractivity contribution in [2.24, 2.45) is 5.92 Å². The maximum absolute atomic E-state index is 9.80. The molecule has 0 radical (unpaired) electrons. The van der Waals surface area contributed by atoms with Crippen molar-refractivity contribution < 1.29 is 5.11 Å². The van der Waals surface area contributed by atoms with Crippen molar-refractivity contribution in [3.05, 3.63) is 0 Å². The van der Waals surface area contributed by atoms with Gasteiger partial charge in [0.15, 0.2) is 0 Å². The Hall–Kier alpha value is -0.480. The Bertz CT molecular complexity index is 158. The minimum Gasteiger partial charge on any atom is -0.392 e. The van der Waals surface area contributed by atoms with Crippen LogP contribution >= 0.6 is 0 Å². The van der Waals surface area contributed by atoms with Crippen LogP contribution in [0.2, 0.25) is 0 Å². The standard InChI is InChI=1S/C12H22O/c1-4-7-10-12(13)11(8-5-2)9-6-3/h11-13H,5-6,8-10H2,1-3H3. The van der Waals surface area contributed by atoms with Gasteiger partial charge in [0.25, 0.3) is 0 Å². The molecule has 13 heavy (non-hydrogen) atoms. The third-order valence-electron chi connectivity index (χ3n) is 2.35. The molecule has 1 unspecified atom stereocenters. The lowest BCUT2D eigenvalue weighted by atomic mass is 9.91. The molecule has 0 rings (SSSR count). The molecule has 0 saturated carbocycles. The van der Waals surface area contributed by atoms with Gasteiger partial charge in [-0.3, -0.25) is 0 Å². The minimum absolute atomic E-state index is 0.215. The van der Waals surface area contributed by atoms with E-state index in [1.54, 1.807) is 0 Å². The normalized spacial score (nSPS) is 12.4. The second-order valence-electron chi connectivity index (χ2n) is 3.54. The second-order valence-corrected chi connectivity index (χ2v) is 3.54. The first-order valence-electron chi connectivity index (χ1n) is 5.33. The van der Waals surface area contributed by atoms with E-state index in [9.17, 15) is 5.11 Å². The van der Waals surface area contributed by atoms with E-state index >= 15 is 0 Å². The Morgan fingerprint density at radius 1 is 1.15 bits per heavy atom. The lowest BCUT2D eigenvalue weighted by Gasteiger charge is -2.19. The molecule has 0 amide bonds. The molecule has 0 aromatic heterocycles. The Kier molecular flexibility index (Phi) is 7.83. The highest BCUT2D eigenvalue weighted by Crippen LogP contribution is 2.19. The zero-order chi connectivity index (χ0) is 10.1. The van der Waals surface area contributed by atoms with E-state index in [1.807, 2.05) is 6.92 Å². The zero-order valence-corrected chi connectivity index (χ0v) is 9.14. The number of hydrogen-bond acceptors (Lipinski definition) is 1. The molecule has 1 heteroatoms. The van der Waals surface area contributed by atoms with Crippen molar-refractivity contribution in [3.63, 3.8) is 0 Å². The van der Waals surface area contributed by atoms with Crippen LogP contribution in [0.5, 0.6) is 0 Å². The maximum atomic E-state index is 9.80. The van der Waals surface area contributed by atoms with Crippen LogP contribution < -0.4 is 0 Å². The average molecular weight is 182 g/mol. The van der Waals surface area contributed by atoms with Gasteiger partial charge in [0.1, 0.15) is 0 Å². The van der Waals surface area contributed by atoms with E-state index in [-0.39, 0.29) is 6.10 Å². The Morgan fingerprint density at radius 3 is 2.08 bits per heavy atom. The van der Waals surface area contributed by atoms with Crippen LogP contribution in [0.25, 0.3) is 0 Å². The van der Waals surface area contributed by atoms with Gasteiger partial charge in [-0.2, -0.15) is 0 Å². The lowest BCUT2D eigenvalue weighted by molar-refractivity contribution is 0.101. The summed E-state index contributed by atoms with van der Waals surface area (Å²) in [5, 5.41) is 9.80. The van der Waals surface area contributed by atoms with E-state index in [2.05, 4.69) is 25.7 Å². The highest BCUT2D eigenvalue weighted by Gasteiger charge is 2.15. The molecule has 0 aliphatic heterocycles. The van der Waals surface area contributed by atoms with Gasteiger partial charge in [-0.05, 0) is 25.7 Å². The van der Waals surface area contributed by atoms with Crippen molar-refractivity contribution in [2.45, 2.75) is 59.0 Å². The number of hydrogen-bond donors (Lipinski definition) is 1. The zero-order valence-electron chi connectivity index (χ0n) is 9.14. The van der Waals surface area contributed by atoms with Crippen LogP contribution in [0, 0.1) is 17.8 Å². The molecule has 0 aromatic rings. The molecular weight excluding hydrogens is 160 g/mol. The van der Waals surface area contributed by atoms with Crippen LogP contribution in [0.1, 0.15) is 52.9 Å². The molecular formula is C12H22O. The number of aliphatic hydroxyl groups excluding tert-OH is 1. The van der Waals surface area contributed by atoms with Gasteiger partial charge in [-0.15, -0.1) is 11.8 Å². The van der Waals surface area contributed by atoms with Crippen LogP contribution in [-0.2, 0) is 0 Å². The molecule has 0 aliphatic rings. The van der Waals surface area contributed by atoms with Crippen molar-refractivity contribution in [1.29, 1.82) is 0 Å². The van der Waals surface area contributed by atoms with E-state index in [4.69, 9.17) is 0 Å². The van der Waals surface area contributed by atoms with E-state index in [0.29, 0.717) is 12.3 Å². The number of aliphatic hydroxyl groups is 1. The average Bonchev–Trinajstić information content (AvgIpc) is 2.14. The molecule has 76 valence electrons. The summed E-state index contributed by atoms with van der Waals surface area (Å²) in [5.41, 5.74) is 0. The molecule has 0 spiro atoms. The summed E-state index contributed by atoms with van der Waals surface area (Å²) in [7, 11) is 0. The van der Waals surface area contributed by atoms with Gasteiger partial charge >= 0.3 is 0 Å². The Morgan fingerprint density at radius 2 is 1.69 bits per heavy atom. The SMILES string of the molecule is CC#CCC(O)C(CCC)CCC. The third kappa shape index (κ3) is 5.71. The van der Waals surface area contributed by atoms with Gasteiger partial charge in [-0.25, -0.2) is 0 Å². The molecule has 1 atom stereocenters. The quantitative estimate of drug-likeness (QED) is 0.626. The fourth-order valence-electron chi connectivity index (χ4n) is 1.64. The first-order chi connectivity index (χ1) is 6.26. The van der Waals surface area contributed by atoms with Gasteiger partial charge in [0.05, 0.1) is 6.10 Å². The molecule has 0 bridgehead atoms. The minimum atomic E-state index is -0.215. The fourth-order valence-corrected chi connectivity index (χ4v) is 1.64. The predicted octanol–water partition coefficient (Wildman–Crippen LogP) is 2.98. The van der Waals surface area contributed by atoms with Gasteiger partial charge in [-0.1, -0.05) is 26.7 Å². The Labute approximate surface area is 82.5 Å².